The van der Waals surface area contributed by atoms with Crippen LogP contribution in [0.1, 0.15) is 39.5 Å². The Balaban J connectivity index is 2.17. The van der Waals surface area contributed by atoms with Gasteiger partial charge in [-0.25, -0.2) is 0 Å². The summed E-state index contributed by atoms with van der Waals surface area (Å²) in [6.07, 6.45) is 5.27. The molecule has 1 amide bonds. The maximum Gasteiger partial charge on any atom is 0.221 e. The third kappa shape index (κ3) is 2.71. The minimum Gasteiger partial charge on any atom is -0.369 e. The van der Waals surface area contributed by atoms with Gasteiger partial charge in [0.1, 0.15) is 0 Å². The first kappa shape index (κ1) is 11.5. The lowest BCUT2D eigenvalue weighted by molar-refractivity contribution is -0.121. The molecule has 1 atom stereocenters. The van der Waals surface area contributed by atoms with Gasteiger partial charge < -0.3 is 11.1 Å². The number of nitrogens with one attached hydrogen (secondary N) is 1. The van der Waals surface area contributed by atoms with E-state index in [9.17, 15) is 4.79 Å². The van der Waals surface area contributed by atoms with E-state index in [4.69, 9.17) is 5.73 Å². The summed E-state index contributed by atoms with van der Waals surface area (Å²) < 4.78 is 0. The summed E-state index contributed by atoms with van der Waals surface area (Å²) in [6.45, 7) is 5.88. The molecule has 0 radical (unpaired) electrons. The second kappa shape index (κ2) is 4.78. The van der Waals surface area contributed by atoms with E-state index in [2.05, 4.69) is 12.2 Å². The van der Waals surface area contributed by atoms with Crippen molar-refractivity contribution >= 4 is 5.91 Å². The minimum absolute atomic E-state index is 0.0519. The predicted molar refractivity (Wildman–Crippen MR) is 57.8 cm³/mol. The van der Waals surface area contributed by atoms with Gasteiger partial charge in [-0.05, 0) is 24.7 Å². The molecule has 0 aromatic heterocycles. The van der Waals surface area contributed by atoms with E-state index < -0.39 is 0 Å². The van der Waals surface area contributed by atoms with E-state index in [0.717, 1.165) is 13.1 Å². The zero-order chi connectivity index (χ0) is 10.6. The van der Waals surface area contributed by atoms with Crippen LogP contribution >= 0.6 is 0 Å². The summed E-state index contributed by atoms with van der Waals surface area (Å²) in [5.74, 6) is -0.263. The summed E-state index contributed by atoms with van der Waals surface area (Å²) in [7, 11) is 0. The predicted octanol–water partition coefficient (Wildman–Crippen LogP) is 1.28. The normalized spacial score (nSPS) is 21.3. The highest BCUT2D eigenvalue weighted by atomic mass is 16.1. The molecule has 3 heteroatoms. The molecule has 3 nitrogen and oxygen atoms in total. The van der Waals surface area contributed by atoms with Crippen LogP contribution in [0.4, 0.5) is 0 Å². The minimum atomic E-state index is -0.211. The van der Waals surface area contributed by atoms with Crippen molar-refractivity contribution in [3.05, 3.63) is 0 Å². The van der Waals surface area contributed by atoms with Crippen LogP contribution < -0.4 is 11.1 Å². The van der Waals surface area contributed by atoms with Crippen LogP contribution in [0.15, 0.2) is 0 Å². The summed E-state index contributed by atoms with van der Waals surface area (Å²) >= 11 is 0. The summed E-state index contributed by atoms with van der Waals surface area (Å²) in [6, 6.07) is 0. The average molecular weight is 198 g/mol. The van der Waals surface area contributed by atoms with Gasteiger partial charge in [-0.2, -0.15) is 0 Å². The van der Waals surface area contributed by atoms with Gasteiger partial charge in [-0.3, -0.25) is 4.79 Å². The summed E-state index contributed by atoms with van der Waals surface area (Å²) in [5, 5.41) is 3.36. The molecule has 0 aromatic carbocycles. The van der Waals surface area contributed by atoms with Crippen LogP contribution in [0.25, 0.3) is 0 Å². The number of rotatable bonds is 6. The van der Waals surface area contributed by atoms with Crippen molar-refractivity contribution in [1.29, 1.82) is 0 Å². The number of nitrogens with two attached hydrogens (primary N) is 1. The van der Waals surface area contributed by atoms with E-state index >= 15 is 0 Å². The Kier molecular flexibility index (Phi) is 3.93. The molecule has 1 unspecified atom stereocenters. The highest BCUT2D eigenvalue weighted by Gasteiger charge is 2.34. The van der Waals surface area contributed by atoms with Gasteiger partial charge in [0.15, 0.2) is 0 Å². The zero-order valence-electron chi connectivity index (χ0n) is 9.31. The third-order valence-electron chi connectivity index (χ3n) is 3.60. The molecular formula is C11H22N2O. The van der Waals surface area contributed by atoms with Crippen molar-refractivity contribution in [3.8, 4) is 0 Å². The smallest absolute Gasteiger partial charge is 0.221 e. The molecule has 3 N–H and O–H groups in total. The Hall–Kier alpha value is -0.570. The molecule has 1 saturated carbocycles. The van der Waals surface area contributed by atoms with Gasteiger partial charge in [0.25, 0.3) is 0 Å². The fraction of sp³-hybridized carbons (Fsp3) is 0.909. The average Bonchev–Trinajstić information content (AvgIpc) is 2.09. The van der Waals surface area contributed by atoms with Crippen molar-refractivity contribution < 1.29 is 4.79 Å². The number of hydrogen-bond donors (Lipinski definition) is 2. The third-order valence-corrected chi connectivity index (χ3v) is 3.60. The highest BCUT2D eigenvalue weighted by molar-refractivity contribution is 5.76. The quantitative estimate of drug-likeness (QED) is 0.675. The van der Waals surface area contributed by atoms with Gasteiger partial charge >= 0.3 is 0 Å². The number of carbonyl (C=O) groups excluding carboxylic acids is 1. The lowest BCUT2D eigenvalue weighted by Crippen LogP contribution is -2.42. The van der Waals surface area contributed by atoms with E-state index in [0.29, 0.717) is 5.41 Å². The highest BCUT2D eigenvalue weighted by Crippen LogP contribution is 2.42. The van der Waals surface area contributed by atoms with Gasteiger partial charge in [0.05, 0.1) is 0 Å². The molecule has 0 aliphatic heterocycles. The molecule has 0 bridgehead atoms. The molecule has 82 valence electrons. The van der Waals surface area contributed by atoms with Crippen LogP contribution in [-0.4, -0.2) is 19.0 Å². The SMILES string of the molecule is CCC1(CNCC(C)C(N)=O)CCC1. The molecule has 1 fully saturated rings. The van der Waals surface area contributed by atoms with Crippen LogP contribution in [0.2, 0.25) is 0 Å². The van der Waals surface area contributed by atoms with Crippen LogP contribution in [0, 0.1) is 11.3 Å². The molecule has 0 spiro atoms. The first-order chi connectivity index (χ1) is 6.59. The van der Waals surface area contributed by atoms with E-state index in [-0.39, 0.29) is 11.8 Å². The maximum atomic E-state index is 10.8. The van der Waals surface area contributed by atoms with Crippen molar-refractivity contribution in [1.82, 2.24) is 5.32 Å². The molecule has 1 rings (SSSR count). The fourth-order valence-corrected chi connectivity index (χ4v) is 1.99. The zero-order valence-corrected chi connectivity index (χ0v) is 9.31. The lowest BCUT2D eigenvalue weighted by Gasteiger charge is -2.41. The first-order valence-electron chi connectivity index (χ1n) is 5.60. The largest absolute Gasteiger partial charge is 0.369 e. The van der Waals surface area contributed by atoms with Crippen molar-refractivity contribution in [2.24, 2.45) is 17.1 Å². The van der Waals surface area contributed by atoms with Gasteiger partial charge in [0.2, 0.25) is 5.91 Å². The molecule has 0 aromatic rings. The number of carbonyl (C=O) groups is 1. The second-order valence-electron chi connectivity index (χ2n) is 4.64. The Morgan fingerprint density at radius 3 is 2.57 bits per heavy atom. The molecule has 0 heterocycles. The van der Waals surface area contributed by atoms with Gasteiger partial charge in [0, 0.05) is 19.0 Å². The van der Waals surface area contributed by atoms with Crippen LogP contribution in [-0.2, 0) is 4.79 Å². The van der Waals surface area contributed by atoms with Crippen molar-refractivity contribution in [3.63, 3.8) is 0 Å². The standard InChI is InChI=1S/C11H22N2O/c1-3-11(5-4-6-11)8-13-7-9(2)10(12)14/h9,13H,3-8H2,1-2H3,(H2,12,14). The topological polar surface area (TPSA) is 55.1 Å². The Morgan fingerprint density at radius 1 is 1.57 bits per heavy atom. The van der Waals surface area contributed by atoms with Gasteiger partial charge in [-0.15, -0.1) is 0 Å². The molecule has 14 heavy (non-hydrogen) atoms. The summed E-state index contributed by atoms with van der Waals surface area (Å²) in [5.41, 5.74) is 5.71. The molecule has 1 aliphatic rings. The molecular weight excluding hydrogens is 176 g/mol. The van der Waals surface area contributed by atoms with E-state index in [1.165, 1.54) is 25.7 Å². The summed E-state index contributed by atoms with van der Waals surface area (Å²) in [4.78, 5) is 10.8. The van der Waals surface area contributed by atoms with E-state index in [1.54, 1.807) is 0 Å². The Bertz CT molecular complexity index is 194. The number of hydrogen-bond acceptors (Lipinski definition) is 2. The van der Waals surface area contributed by atoms with E-state index in [1.807, 2.05) is 6.92 Å². The molecule has 1 aliphatic carbocycles. The number of primary amides is 1. The monoisotopic (exact) mass is 198 g/mol. The van der Waals surface area contributed by atoms with Crippen LogP contribution in [0.3, 0.4) is 0 Å². The van der Waals surface area contributed by atoms with Gasteiger partial charge in [-0.1, -0.05) is 20.3 Å². The second-order valence-corrected chi connectivity index (χ2v) is 4.64. The maximum absolute atomic E-state index is 10.8. The molecule has 0 saturated heterocycles. The van der Waals surface area contributed by atoms with Crippen LogP contribution in [0.5, 0.6) is 0 Å². The van der Waals surface area contributed by atoms with Crippen molar-refractivity contribution in [2.45, 2.75) is 39.5 Å². The fourth-order valence-electron chi connectivity index (χ4n) is 1.99. The number of amides is 1. The first-order valence-corrected chi connectivity index (χ1v) is 5.60. The van der Waals surface area contributed by atoms with Crippen molar-refractivity contribution in [2.75, 3.05) is 13.1 Å². The Labute approximate surface area is 86.4 Å². The Morgan fingerprint density at radius 2 is 2.21 bits per heavy atom. The lowest BCUT2D eigenvalue weighted by atomic mass is 9.67.